The van der Waals surface area contributed by atoms with Crippen LogP contribution in [0.25, 0.3) is 10.8 Å². The van der Waals surface area contributed by atoms with Crippen molar-refractivity contribution in [2.45, 2.75) is 87.6 Å². The van der Waals surface area contributed by atoms with E-state index in [9.17, 15) is 8.78 Å². The van der Waals surface area contributed by atoms with Crippen molar-refractivity contribution in [3.63, 3.8) is 0 Å². The van der Waals surface area contributed by atoms with Crippen LogP contribution in [-0.4, -0.2) is 64.9 Å². The molecule has 2 bridgehead atoms. The normalized spacial score (nSPS) is 31.0. The fraction of sp³-hybridized carbons (Fsp3) is 0.562. The molecule has 0 aliphatic carbocycles. The van der Waals surface area contributed by atoms with Crippen molar-refractivity contribution in [1.82, 2.24) is 20.2 Å². The van der Waals surface area contributed by atoms with Gasteiger partial charge in [-0.3, -0.25) is 4.90 Å². The zero-order valence-corrected chi connectivity index (χ0v) is 24.8. The molecule has 5 aliphatic rings. The van der Waals surface area contributed by atoms with Crippen LogP contribution in [0.3, 0.4) is 0 Å². The highest BCUT2D eigenvalue weighted by atomic mass is 79.9. The molecule has 6 heterocycles. The highest BCUT2D eigenvalue weighted by Gasteiger charge is 2.49. The highest BCUT2D eigenvalue weighted by Crippen LogP contribution is 2.43. The van der Waals surface area contributed by atoms with Crippen LogP contribution in [0.1, 0.15) is 67.8 Å². The Morgan fingerprint density at radius 1 is 1.10 bits per heavy atom. The number of alkyl halides is 1. The number of rotatable bonds is 5. The van der Waals surface area contributed by atoms with E-state index in [1.165, 1.54) is 24.5 Å². The van der Waals surface area contributed by atoms with E-state index in [0.29, 0.717) is 54.6 Å². The molecule has 5 aliphatic heterocycles. The van der Waals surface area contributed by atoms with Crippen LogP contribution in [0.15, 0.2) is 34.8 Å². The number of piperidine rings is 1. The first-order chi connectivity index (χ1) is 20.0. The topological polar surface area (TPSA) is 53.5 Å². The molecule has 216 valence electrons. The predicted molar refractivity (Wildman–Crippen MR) is 159 cm³/mol. The van der Waals surface area contributed by atoms with Crippen molar-refractivity contribution in [1.29, 1.82) is 0 Å². The third-order valence-corrected chi connectivity index (χ3v) is 11.2. The van der Waals surface area contributed by atoms with E-state index < -0.39 is 6.17 Å². The molecule has 3 unspecified atom stereocenters. The summed E-state index contributed by atoms with van der Waals surface area (Å²) in [6.45, 7) is 3.31. The maximum absolute atomic E-state index is 14.6. The molecule has 2 aromatic carbocycles. The van der Waals surface area contributed by atoms with Crippen LogP contribution < -0.4 is 15.0 Å². The lowest BCUT2D eigenvalue weighted by atomic mass is 9.85. The lowest BCUT2D eigenvalue weighted by molar-refractivity contribution is 0.106. The van der Waals surface area contributed by atoms with Crippen molar-refractivity contribution >= 4 is 32.4 Å². The summed E-state index contributed by atoms with van der Waals surface area (Å²) >= 11 is 3.52. The first kappa shape index (κ1) is 26.3. The Morgan fingerprint density at radius 3 is 2.80 bits per heavy atom. The third-order valence-electron chi connectivity index (χ3n) is 10.4. The Balaban J connectivity index is 1.15. The fourth-order valence-electron chi connectivity index (χ4n) is 8.53. The molecule has 1 aromatic heterocycles. The minimum absolute atomic E-state index is 0.238. The molecular weight excluding hydrogens is 588 g/mol. The van der Waals surface area contributed by atoms with Gasteiger partial charge in [-0.15, -0.1) is 0 Å². The number of nitrogens with one attached hydrogen (secondary N) is 1. The second kappa shape index (κ2) is 10.1. The molecule has 3 aromatic rings. The van der Waals surface area contributed by atoms with Crippen molar-refractivity contribution in [2.24, 2.45) is 0 Å². The van der Waals surface area contributed by atoms with E-state index in [0.717, 1.165) is 73.0 Å². The van der Waals surface area contributed by atoms with Gasteiger partial charge in [0.2, 0.25) is 0 Å². The summed E-state index contributed by atoms with van der Waals surface area (Å²) in [6.07, 6.45) is 7.30. The number of anilines is 1. The minimum Gasteiger partial charge on any atom is -0.461 e. The molecule has 4 atom stereocenters. The molecule has 4 saturated heterocycles. The maximum Gasteiger partial charge on any atom is 0.316 e. The molecule has 0 saturated carbocycles. The summed E-state index contributed by atoms with van der Waals surface area (Å²) in [6, 6.07) is 11.0. The molecule has 4 fully saturated rings. The largest absolute Gasteiger partial charge is 0.461 e. The smallest absolute Gasteiger partial charge is 0.316 e. The van der Waals surface area contributed by atoms with Crippen molar-refractivity contribution < 1.29 is 13.5 Å². The van der Waals surface area contributed by atoms with Gasteiger partial charge in [-0.1, -0.05) is 18.2 Å². The molecule has 0 amide bonds. The van der Waals surface area contributed by atoms with E-state index in [1.54, 1.807) is 0 Å². The summed E-state index contributed by atoms with van der Waals surface area (Å²) in [5.74, 6) is 0.133. The third kappa shape index (κ3) is 4.54. The van der Waals surface area contributed by atoms with E-state index in [4.69, 9.17) is 14.7 Å². The minimum atomic E-state index is -0.789. The van der Waals surface area contributed by atoms with E-state index >= 15 is 0 Å². The standard InChI is InChI=1S/C32H36BrF2N5O/c33-29-25(35)8-5-19-3-1-4-27(28(19)29)39-12-9-24-26(17-39)37-31(38-30(24)20-13-22-6-7-23(14-20)36-22)41-18-32-10-2-11-40(32)16-21(34)15-32/h1,3-5,8,20-23,36H,2,6-7,9-18H2/t20?,21?,22?,23?,32-/m0/s1. The number of ether oxygens (including phenoxy) is 1. The molecule has 41 heavy (non-hydrogen) atoms. The van der Waals surface area contributed by atoms with E-state index in [2.05, 4.69) is 37.1 Å². The molecule has 0 radical (unpaired) electrons. The van der Waals surface area contributed by atoms with E-state index in [1.807, 2.05) is 18.2 Å². The van der Waals surface area contributed by atoms with Gasteiger partial charge in [-0.25, -0.2) is 8.78 Å². The lowest BCUT2D eigenvalue weighted by Gasteiger charge is -2.35. The van der Waals surface area contributed by atoms with Crippen LogP contribution >= 0.6 is 15.9 Å². The number of fused-ring (bicyclic) bond motifs is 5. The Bertz CT molecular complexity index is 1490. The average Bonchev–Trinajstić information content (AvgIpc) is 3.63. The number of benzene rings is 2. The van der Waals surface area contributed by atoms with Crippen LogP contribution in [-0.2, 0) is 13.0 Å². The van der Waals surface area contributed by atoms with Gasteiger partial charge in [0, 0.05) is 48.6 Å². The van der Waals surface area contributed by atoms with Crippen molar-refractivity contribution in [3.8, 4) is 6.01 Å². The molecule has 1 N–H and O–H groups in total. The Morgan fingerprint density at radius 2 is 1.95 bits per heavy atom. The van der Waals surface area contributed by atoms with E-state index in [-0.39, 0.29) is 11.4 Å². The molecule has 0 spiro atoms. The Labute approximate surface area is 248 Å². The molecule has 8 rings (SSSR count). The van der Waals surface area contributed by atoms with Crippen molar-refractivity contribution in [2.75, 3.05) is 31.1 Å². The number of hydrogen-bond acceptors (Lipinski definition) is 6. The van der Waals surface area contributed by atoms with Crippen molar-refractivity contribution in [3.05, 3.63) is 57.6 Å². The summed E-state index contributed by atoms with van der Waals surface area (Å²) in [7, 11) is 0. The fourth-order valence-corrected chi connectivity index (χ4v) is 9.09. The number of hydrogen-bond donors (Lipinski definition) is 1. The Kier molecular flexibility index (Phi) is 6.49. The summed E-state index contributed by atoms with van der Waals surface area (Å²) in [5, 5.41) is 5.66. The van der Waals surface area contributed by atoms with Gasteiger partial charge in [0.05, 0.1) is 27.9 Å². The van der Waals surface area contributed by atoms with Gasteiger partial charge in [0.15, 0.2) is 0 Å². The molecule has 6 nitrogen and oxygen atoms in total. The monoisotopic (exact) mass is 623 g/mol. The number of nitrogens with zero attached hydrogens (tertiary/aromatic N) is 4. The SMILES string of the molecule is Fc1ccc2cccc(N3CCc4c(nc(OC[C@@]56CCCN5CC(F)C6)nc4C4CC5CCC(C4)N5)C3)c2c1Br. The second-order valence-corrected chi connectivity index (χ2v) is 13.7. The van der Waals surface area contributed by atoms with Crippen LogP contribution in [0.4, 0.5) is 14.5 Å². The first-order valence-corrected chi connectivity index (χ1v) is 16.0. The molecule has 9 heteroatoms. The Hall–Kier alpha value is -2.36. The zero-order valence-electron chi connectivity index (χ0n) is 23.2. The summed E-state index contributed by atoms with van der Waals surface area (Å²) in [5.41, 5.74) is 4.18. The second-order valence-electron chi connectivity index (χ2n) is 12.9. The van der Waals surface area contributed by atoms with Gasteiger partial charge in [-0.2, -0.15) is 9.97 Å². The maximum atomic E-state index is 14.6. The van der Waals surface area contributed by atoms with Gasteiger partial charge < -0.3 is 15.0 Å². The van der Waals surface area contributed by atoms with Gasteiger partial charge >= 0.3 is 6.01 Å². The van der Waals surface area contributed by atoms with Crippen LogP contribution in [0.2, 0.25) is 0 Å². The summed E-state index contributed by atoms with van der Waals surface area (Å²) < 4.78 is 36.0. The van der Waals surface area contributed by atoms with Gasteiger partial charge in [0.25, 0.3) is 0 Å². The number of aromatic nitrogens is 2. The summed E-state index contributed by atoms with van der Waals surface area (Å²) in [4.78, 5) is 14.7. The number of halogens is 3. The molecular formula is C32H36BrF2N5O. The lowest BCUT2D eigenvalue weighted by Crippen LogP contribution is -2.43. The average molecular weight is 625 g/mol. The highest BCUT2D eigenvalue weighted by molar-refractivity contribution is 9.10. The predicted octanol–water partition coefficient (Wildman–Crippen LogP) is 6.05. The van der Waals surface area contributed by atoms with Gasteiger partial charge in [0.1, 0.15) is 18.6 Å². The zero-order chi connectivity index (χ0) is 27.7. The van der Waals surface area contributed by atoms with Crippen LogP contribution in [0.5, 0.6) is 6.01 Å². The quantitative estimate of drug-likeness (QED) is 0.374. The first-order valence-electron chi connectivity index (χ1n) is 15.3. The van der Waals surface area contributed by atoms with Gasteiger partial charge in [-0.05, 0) is 90.5 Å². The van der Waals surface area contributed by atoms with Crippen LogP contribution in [0, 0.1) is 5.82 Å².